The summed E-state index contributed by atoms with van der Waals surface area (Å²) in [6.45, 7) is 6.93. The van der Waals surface area contributed by atoms with Gasteiger partial charge in [-0.05, 0) is 41.2 Å². The lowest BCUT2D eigenvalue weighted by Gasteiger charge is -2.16. The zero-order chi connectivity index (χ0) is 19.3. The van der Waals surface area contributed by atoms with Crippen molar-refractivity contribution in [3.8, 4) is 0 Å². The molecule has 2 aromatic rings. The Bertz CT molecular complexity index is 640. The molecule has 0 spiro atoms. The van der Waals surface area contributed by atoms with Crippen LogP contribution in [-0.4, -0.2) is 0 Å². The first kappa shape index (κ1) is 22.0. The fourth-order valence-corrected chi connectivity index (χ4v) is 4.35. The van der Waals surface area contributed by atoms with Gasteiger partial charge in [-0.3, -0.25) is 0 Å². The second kappa shape index (κ2) is 13.0. The van der Waals surface area contributed by atoms with Gasteiger partial charge in [-0.1, -0.05) is 127 Å². The van der Waals surface area contributed by atoms with Crippen molar-refractivity contribution < 1.29 is 0 Å². The van der Waals surface area contributed by atoms with Gasteiger partial charge in [0.2, 0.25) is 0 Å². The van der Waals surface area contributed by atoms with Crippen LogP contribution in [-0.2, 0) is 0 Å². The molecule has 1 unspecified atom stereocenters. The molecule has 0 heterocycles. The molecule has 0 saturated heterocycles. The molecular weight excluding hydrogens is 324 g/mol. The predicted molar refractivity (Wildman–Crippen MR) is 123 cm³/mol. The maximum atomic E-state index is 2.41. The summed E-state index contributed by atoms with van der Waals surface area (Å²) in [6, 6.07) is 13.6. The normalized spacial score (nSPS) is 12.6. The predicted octanol–water partition coefficient (Wildman–Crippen LogP) is 9.34. The molecule has 0 aliphatic carbocycles. The Labute approximate surface area is 168 Å². The first-order chi connectivity index (χ1) is 13.2. The summed E-state index contributed by atoms with van der Waals surface area (Å²) < 4.78 is 0. The summed E-state index contributed by atoms with van der Waals surface area (Å²) in [5.41, 5.74) is 2.94. The molecule has 0 bridgehead atoms. The fourth-order valence-electron chi connectivity index (χ4n) is 4.35. The number of hydrogen-bond donors (Lipinski definition) is 0. The first-order valence-corrected chi connectivity index (χ1v) is 11.7. The van der Waals surface area contributed by atoms with Crippen molar-refractivity contribution in [3.63, 3.8) is 0 Å². The third-order valence-electron chi connectivity index (χ3n) is 6.20. The minimum atomic E-state index is 0.665. The first-order valence-electron chi connectivity index (χ1n) is 11.7. The van der Waals surface area contributed by atoms with Gasteiger partial charge in [-0.15, -0.1) is 0 Å². The van der Waals surface area contributed by atoms with E-state index in [1.54, 1.807) is 5.56 Å². The van der Waals surface area contributed by atoms with Gasteiger partial charge in [0.15, 0.2) is 0 Å². The third kappa shape index (κ3) is 7.68. The molecule has 27 heavy (non-hydrogen) atoms. The molecule has 2 aromatic carbocycles. The van der Waals surface area contributed by atoms with Crippen LogP contribution in [0.5, 0.6) is 0 Å². The lowest BCUT2D eigenvalue weighted by molar-refractivity contribution is 0.529. The second-order valence-electron chi connectivity index (χ2n) is 8.60. The molecule has 0 fully saturated rings. The molecule has 1 atom stereocenters. The van der Waals surface area contributed by atoms with Gasteiger partial charge in [0.1, 0.15) is 0 Å². The summed E-state index contributed by atoms with van der Waals surface area (Å²) in [6.07, 6.45) is 18.5. The van der Waals surface area contributed by atoms with Crippen LogP contribution in [0.3, 0.4) is 0 Å². The SMILES string of the molecule is CCCCCCCCCCCCCCC(C)c1ccc(C)c2ccccc12. The Morgan fingerprint density at radius 1 is 0.630 bits per heavy atom. The van der Waals surface area contributed by atoms with Gasteiger partial charge in [-0.2, -0.15) is 0 Å². The van der Waals surface area contributed by atoms with Crippen molar-refractivity contribution in [2.45, 2.75) is 110 Å². The van der Waals surface area contributed by atoms with E-state index < -0.39 is 0 Å². The maximum Gasteiger partial charge on any atom is -0.0147 e. The number of hydrogen-bond acceptors (Lipinski definition) is 0. The topological polar surface area (TPSA) is 0 Å². The highest BCUT2D eigenvalue weighted by atomic mass is 14.1. The van der Waals surface area contributed by atoms with Crippen LogP contribution in [0.2, 0.25) is 0 Å². The Morgan fingerprint density at radius 2 is 1.15 bits per heavy atom. The van der Waals surface area contributed by atoms with Gasteiger partial charge in [-0.25, -0.2) is 0 Å². The van der Waals surface area contributed by atoms with Crippen molar-refractivity contribution in [1.29, 1.82) is 0 Å². The molecule has 0 N–H and O–H groups in total. The van der Waals surface area contributed by atoms with Crippen molar-refractivity contribution in [2.75, 3.05) is 0 Å². The molecular formula is C27H42. The molecule has 2 rings (SSSR count). The summed E-state index contributed by atoms with van der Waals surface area (Å²) in [4.78, 5) is 0. The largest absolute Gasteiger partial charge is 0.0654 e. The monoisotopic (exact) mass is 366 g/mol. The number of rotatable bonds is 14. The molecule has 150 valence electrons. The molecule has 0 saturated carbocycles. The fraction of sp³-hybridized carbons (Fsp3) is 0.630. The zero-order valence-corrected chi connectivity index (χ0v) is 18.2. The highest BCUT2D eigenvalue weighted by Gasteiger charge is 2.10. The van der Waals surface area contributed by atoms with Gasteiger partial charge in [0.25, 0.3) is 0 Å². The Morgan fingerprint density at radius 3 is 1.74 bits per heavy atom. The highest BCUT2D eigenvalue weighted by Crippen LogP contribution is 2.30. The van der Waals surface area contributed by atoms with E-state index in [1.165, 1.54) is 99.8 Å². The molecule has 0 aliphatic heterocycles. The van der Waals surface area contributed by atoms with E-state index in [2.05, 4.69) is 57.2 Å². The van der Waals surface area contributed by atoms with Crippen LogP contribution in [0.4, 0.5) is 0 Å². The van der Waals surface area contributed by atoms with Crippen LogP contribution in [0.15, 0.2) is 36.4 Å². The van der Waals surface area contributed by atoms with E-state index >= 15 is 0 Å². The van der Waals surface area contributed by atoms with Crippen LogP contribution < -0.4 is 0 Å². The van der Waals surface area contributed by atoms with Gasteiger partial charge >= 0.3 is 0 Å². The Balaban J connectivity index is 1.58. The minimum Gasteiger partial charge on any atom is -0.0654 e. The van der Waals surface area contributed by atoms with Gasteiger partial charge in [0.05, 0.1) is 0 Å². The van der Waals surface area contributed by atoms with E-state index in [4.69, 9.17) is 0 Å². The quantitative estimate of drug-likeness (QED) is 0.292. The number of unbranched alkanes of at least 4 members (excludes halogenated alkanes) is 11. The minimum absolute atomic E-state index is 0.665. The van der Waals surface area contributed by atoms with Crippen molar-refractivity contribution in [3.05, 3.63) is 47.5 Å². The maximum absolute atomic E-state index is 2.41. The van der Waals surface area contributed by atoms with E-state index in [9.17, 15) is 0 Å². The number of benzene rings is 2. The van der Waals surface area contributed by atoms with Crippen LogP contribution >= 0.6 is 0 Å². The smallest absolute Gasteiger partial charge is 0.0147 e. The van der Waals surface area contributed by atoms with Crippen molar-refractivity contribution >= 4 is 10.8 Å². The lowest BCUT2D eigenvalue weighted by Crippen LogP contribution is -1.96. The van der Waals surface area contributed by atoms with Crippen molar-refractivity contribution in [1.82, 2.24) is 0 Å². The summed E-state index contributed by atoms with van der Waals surface area (Å²) in [5.74, 6) is 0.665. The molecule has 0 heteroatoms. The Kier molecular flexibility index (Phi) is 10.6. The van der Waals surface area contributed by atoms with Gasteiger partial charge < -0.3 is 0 Å². The average molecular weight is 367 g/mol. The van der Waals surface area contributed by atoms with E-state index in [0.717, 1.165) is 0 Å². The van der Waals surface area contributed by atoms with E-state index in [-0.39, 0.29) is 0 Å². The van der Waals surface area contributed by atoms with E-state index in [0.29, 0.717) is 5.92 Å². The van der Waals surface area contributed by atoms with Gasteiger partial charge in [0, 0.05) is 0 Å². The molecule has 0 aliphatic rings. The van der Waals surface area contributed by atoms with E-state index in [1.807, 2.05) is 0 Å². The number of aryl methyl sites for hydroxylation is 1. The summed E-state index contributed by atoms with van der Waals surface area (Å²) in [5, 5.41) is 2.89. The standard InChI is InChI=1S/C27H42/c1-4-5-6-7-8-9-10-11-12-13-14-15-18-23(2)26-22-21-24(3)25-19-16-17-20-27(25)26/h16-17,19-23H,4-15,18H2,1-3H3. The average Bonchev–Trinajstić information content (AvgIpc) is 2.69. The Hall–Kier alpha value is -1.30. The molecule has 0 radical (unpaired) electrons. The highest BCUT2D eigenvalue weighted by molar-refractivity contribution is 5.88. The zero-order valence-electron chi connectivity index (χ0n) is 18.2. The molecule has 0 amide bonds. The summed E-state index contributed by atoms with van der Waals surface area (Å²) in [7, 11) is 0. The lowest BCUT2D eigenvalue weighted by atomic mass is 9.89. The molecule has 0 aromatic heterocycles. The van der Waals surface area contributed by atoms with Crippen molar-refractivity contribution in [2.24, 2.45) is 0 Å². The third-order valence-corrected chi connectivity index (χ3v) is 6.20. The molecule has 0 nitrogen and oxygen atoms in total. The second-order valence-corrected chi connectivity index (χ2v) is 8.60. The van der Waals surface area contributed by atoms with Crippen LogP contribution in [0.25, 0.3) is 10.8 Å². The van der Waals surface area contributed by atoms with Crippen LogP contribution in [0.1, 0.15) is 114 Å². The van der Waals surface area contributed by atoms with Crippen LogP contribution in [0, 0.1) is 6.92 Å². The summed E-state index contributed by atoms with van der Waals surface area (Å²) >= 11 is 0. The number of fused-ring (bicyclic) bond motifs is 1.